The largest absolute Gasteiger partial charge is 0.493 e. The maximum Gasteiger partial charge on any atom is 0.339 e. The van der Waals surface area contributed by atoms with Gasteiger partial charge in [0, 0.05) is 47.1 Å². The summed E-state index contributed by atoms with van der Waals surface area (Å²) < 4.78 is 33.5. The predicted octanol–water partition coefficient (Wildman–Crippen LogP) is 7.31. The highest BCUT2D eigenvalue weighted by Crippen LogP contribution is 2.47. The Balaban J connectivity index is 1.77. The number of fused-ring (bicyclic) bond motifs is 1. The van der Waals surface area contributed by atoms with Crippen LogP contribution >= 0.6 is 0 Å². The summed E-state index contributed by atoms with van der Waals surface area (Å²) in [5.41, 5.74) is 5.28. The first-order valence-corrected chi connectivity index (χ1v) is 14.1. The fourth-order valence-electron chi connectivity index (χ4n) is 5.82. The van der Waals surface area contributed by atoms with Gasteiger partial charge in [0.2, 0.25) is 0 Å². The van der Waals surface area contributed by atoms with Gasteiger partial charge in [0.15, 0.2) is 6.10 Å². The molecule has 0 bridgehead atoms. The fraction of sp³-hybridized carbons (Fsp3) is 0.294. The van der Waals surface area contributed by atoms with Gasteiger partial charge >= 0.3 is 5.97 Å². The molecule has 8 heteroatoms. The van der Waals surface area contributed by atoms with Crippen molar-refractivity contribution in [1.82, 2.24) is 15.0 Å². The number of aromatic nitrogens is 3. The van der Waals surface area contributed by atoms with Gasteiger partial charge in [-0.3, -0.25) is 4.98 Å². The second-order valence-corrected chi connectivity index (χ2v) is 11.4. The molecule has 0 saturated heterocycles. The summed E-state index contributed by atoms with van der Waals surface area (Å²) in [6, 6.07) is 10.8. The highest BCUT2D eigenvalue weighted by Gasteiger charge is 2.34. The van der Waals surface area contributed by atoms with E-state index in [4.69, 9.17) is 19.2 Å². The molecule has 1 aliphatic rings. The van der Waals surface area contributed by atoms with Crippen LogP contribution in [0, 0.1) is 12.7 Å². The van der Waals surface area contributed by atoms with E-state index < -0.39 is 23.5 Å². The topological polar surface area (TPSA) is 83.4 Å². The Morgan fingerprint density at radius 2 is 1.86 bits per heavy atom. The molecule has 3 aromatic carbocycles. The minimum atomic E-state index is -1.07. The number of rotatable bonds is 6. The molecule has 214 valence electrons. The van der Waals surface area contributed by atoms with Gasteiger partial charge in [0.05, 0.1) is 24.3 Å². The maximum absolute atomic E-state index is 15.6. The van der Waals surface area contributed by atoms with E-state index in [1.165, 1.54) is 18.5 Å². The van der Waals surface area contributed by atoms with E-state index in [2.05, 4.69) is 9.97 Å². The lowest BCUT2D eigenvalue weighted by molar-refractivity contribution is -0.166. The number of carbonyl (C=O) groups is 1. The van der Waals surface area contributed by atoms with Gasteiger partial charge in [0.1, 0.15) is 17.9 Å². The van der Waals surface area contributed by atoms with Crippen LogP contribution in [0.2, 0.25) is 0 Å². The number of esters is 1. The first kappa shape index (κ1) is 27.7. The maximum atomic E-state index is 15.6. The number of hydrogen-bond acceptors (Lipinski definition) is 7. The van der Waals surface area contributed by atoms with Gasteiger partial charge in [-0.25, -0.2) is 19.2 Å². The first-order chi connectivity index (χ1) is 20.2. The zero-order valence-corrected chi connectivity index (χ0v) is 24.3. The minimum Gasteiger partial charge on any atom is -0.493 e. The van der Waals surface area contributed by atoms with Crippen LogP contribution in [0.3, 0.4) is 0 Å². The van der Waals surface area contributed by atoms with Crippen molar-refractivity contribution in [3.8, 4) is 28.0 Å². The van der Waals surface area contributed by atoms with Gasteiger partial charge in [-0.05, 0) is 98.0 Å². The Bertz CT molecular complexity index is 1820. The summed E-state index contributed by atoms with van der Waals surface area (Å²) in [6.45, 7) is 10.2. The summed E-state index contributed by atoms with van der Waals surface area (Å²) in [6.07, 6.45) is 6.23. The van der Waals surface area contributed by atoms with Crippen molar-refractivity contribution in [2.75, 3.05) is 13.2 Å². The second kappa shape index (κ2) is 10.8. The third kappa shape index (κ3) is 4.96. The number of pyridine rings is 1. The van der Waals surface area contributed by atoms with Crippen molar-refractivity contribution >= 4 is 27.6 Å². The molecule has 3 heterocycles. The predicted molar refractivity (Wildman–Crippen MR) is 160 cm³/mol. The molecular formula is C34H32FN3O4. The summed E-state index contributed by atoms with van der Waals surface area (Å²) >= 11 is 0. The number of nitrogens with zero attached hydrogens (tertiary/aromatic N) is 3. The lowest BCUT2D eigenvalue weighted by atomic mass is 9.84. The monoisotopic (exact) mass is 565 g/mol. The van der Waals surface area contributed by atoms with Crippen LogP contribution in [0.5, 0.6) is 5.75 Å². The normalized spacial score (nSPS) is 13.7. The van der Waals surface area contributed by atoms with Gasteiger partial charge in [-0.2, -0.15) is 0 Å². The van der Waals surface area contributed by atoms with Crippen LogP contribution in [0.1, 0.15) is 50.5 Å². The number of benzene rings is 3. The summed E-state index contributed by atoms with van der Waals surface area (Å²) in [7, 11) is 0. The molecule has 0 saturated carbocycles. The van der Waals surface area contributed by atoms with Gasteiger partial charge in [-0.1, -0.05) is 6.07 Å². The van der Waals surface area contributed by atoms with Crippen LogP contribution in [0.25, 0.3) is 43.9 Å². The Labute approximate surface area is 243 Å². The SMILES string of the molecule is CCOC(=O)C(OC(C)(C)C)c1c(C)cc2c(-c3cncnc3)cc(F)cc2c1-c1ccc2c3c(ccnc13)CCO2. The molecule has 0 fully saturated rings. The van der Waals surface area contributed by atoms with Crippen molar-refractivity contribution in [1.29, 1.82) is 0 Å². The quantitative estimate of drug-likeness (QED) is 0.200. The molecule has 0 N–H and O–H groups in total. The number of aryl methyl sites for hydroxylation is 1. The number of ether oxygens (including phenoxy) is 3. The third-order valence-electron chi connectivity index (χ3n) is 7.41. The third-order valence-corrected chi connectivity index (χ3v) is 7.41. The molecule has 6 rings (SSSR count). The molecule has 0 spiro atoms. The summed E-state index contributed by atoms with van der Waals surface area (Å²) in [5, 5.41) is 2.32. The second-order valence-electron chi connectivity index (χ2n) is 11.4. The molecule has 0 radical (unpaired) electrons. The van der Waals surface area contributed by atoms with Crippen molar-refractivity contribution in [2.24, 2.45) is 0 Å². The molecule has 1 atom stereocenters. The first-order valence-electron chi connectivity index (χ1n) is 14.1. The number of carbonyl (C=O) groups excluding carboxylic acids is 1. The van der Waals surface area contributed by atoms with Crippen molar-refractivity contribution in [2.45, 2.75) is 52.7 Å². The van der Waals surface area contributed by atoms with Crippen molar-refractivity contribution < 1.29 is 23.4 Å². The van der Waals surface area contributed by atoms with Crippen molar-refractivity contribution in [3.63, 3.8) is 0 Å². The van der Waals surface area contributed by atoms with Crippen LogP contribution in [-0.4, -0.2) is 39.7 Å². The van der Waals surface area contributed by atoms with E-state index in [0.717, 1.165) is 39.6 Å². The van der Waals surface area contributed by atoms with Gasteiger partial charge < -0.3 is 14.2 Å². The highest BCUT2D eigenvalue weighted by atomic mass is 19.1. The smallest absolute Gasteiger partial charge is 0.339 e. The number of hydrogen-bond donors (Lipinski definition) is 0. The molecular weight excluding hydrogens is 533 g/mol. The van der Waals surface area contributed by atoms with Crippen LogP contribution in [0.4, 0.5) is 4.39 Å². The van der Waals surface area contributed by atoms with Gasteiger partial charge in [-0.15, -0.1) is 0 Å². The molecule has 5 aromatic rings. The highest BCUT2D eigenvalue weighted by molar-refractivity contribution is 6.12. The molecule has 1 unspecified atom stereocenters. The van der Waals surface area contributed by atoms with E-state index in [0.29, 0.717) is 39.8 Å². The standard InChI is InChI=1S/C34H32FN3O4/c1-6-40-33(39)32(42-34(3,4)5)28-19(2)13-25-24(21-16-36-18-37-17-21)14-22(35)15-26(25)30(28)23-7-8-27-29-20(10-12-41-27)9-11-38-31(23)29/h7-9,11,13-18,32H,6,10,12H2,1-5H3. The summed E-state index contributed by atoms with van der Waals surface area (Å²) in [5.74, 6) is -0.188. The van der Waals surface area contributed by atoms with Crippen molar-refractivity contribution in [3.05, 3.63) is 83.8 Å². The molecule has 2 aromatic heterocycles. The molecule has 0 aliphatic carbocycles. The van der Waals surface area contributed by atoms with Crippen LogP contribution < -0.4 is 4.74 Å². The lowest BCUT2D eigenvalue weighted by Gasteiger charge is -2.30. The fourth-order valence-corrected chi connectivity index (χ4v) is 5.82. The van der Waals surface area contributed by atoms with Gasteiger partial charge in [0.25, 0.3) is 0 Å². The van der Waals surface area contributed by atoms with E-state index in [-0.39, 0.29) is 6.61 Å². The van der Waals surface area contributed by atoms with E-state index in [1.54, 1.807) is 25.5 Å². The van der Waals surface area contributed by atoms with E-state index in [1.807, 2.05) is 52.0 Å². The van der Waals surface area contributed by atoms with Crippen LogP contribution in [0.15, 0.2) is 61.3 Å². The Morgan fingerprint density at radius 3 is 2.60 bits per heavy atom. The van der Waals surface area contributed by atoms with E-state index >= 15 is 4.39 Å². The Hall–Kier alpha value is -4.43. The number of halogens is 1. The van der Waals surface area contributed by atoms with Crippen LogP contribution in [-0.2, 0) is 20.7 Å². The lowest BCUT2D eigenvalue weighted by Crippen LogP contribution is -2.29. The Morgan fingerprint density at radius 1 is 1.07 bits per heavy atom. The minimum absolute atomic E-state index is 0.192. The molecule has 42 heavy (non-hydrogen) atoms. The average molecular weight is 566 g/mol. The van der Waals surface area contributed by atoms with E-state index in [9.17, 15) is 4.79 Å². The molecule has 1 aliphatic heterocycles. The zero-order valence-electron chi connectivity index (χ0n) is 24.3. The Kier molecular flexibility index (Phi) is 7.10. The molecule has 0 amide bonds. The average Bonchev–Trinajstić information content (AvgIpc) is 2.96. The molecule has 7 nitrogen and oxygen atoms in total. The zero-order chi connectivity index (χ0) is 29.6. The summed E-state index contributed by atoms with van der Waals surface area (Å²) in [4.78, 5) is 26.7.